The zero-order valence-electron chi connectivity index (χ0n) is 18.2. The number of ether oxygens (including phenoxy) is 1. The van der Waals surface area contributed by atoms with Gasteiger partial charge in [0.05, 0.1) is 6.61 Å². The van der Waals surface area contributed by atoms with Crippen LogP contribution in [0, 0.1) is 0 Å². The van der Waals surface area contributed by atoms with E-state index in [0.717, 1.165) is 25.7 Å². The van der Waals surface area contributed by atoms with Gasteiger partial charge in [-0.1, -0.05) is 103 Å². The second-order valence-corrected chi connectivity index (χ2v) is 8.01. The van der Waals surface area contributed by atoms with Gasteiger partial charge in [0.2, 0.25) is 0 Å². The molecule has 0 bridgehead atoms. The van der Waals surface area contributed by atoms with Crippen LogP contribution in [-0.4, -0.2) is 25.2 Å². The second-order valence-electron chi connectivity index (χ2n) is 8.01. The van der Waals surface area contributed by atoms with Crippen molar-refractivity contribution >= 4 is 5.97 Å². The van der Waals surface area contributed by atoms with Crippen LogP contribution in [0.5, 0.6) is 0 Å². The molecular weight excluding hydrogens is 336 g/mol. The zero-order valence-corrected chi connectivity index (χ0v) is 18.2. The van der Waals surface area contributed by atoms with E-state index in [-0.39, 0.29) is 5.97 Å². The van der Waals surface area contributed by atoms with Gasteiger partial charge >= 0.3 is 5.97 Å². The number of hydrogen-bond donors (Lipinski definition) is 2. The molecule has 0 aliphatic heterocycles. The molecule has 0 aromatic rings. The van der Waals surface area contributed by atoms with Crippen LogP contribution in [0.1, 0.15) is 122 Å². The minimum atomic E-state index is -0.479. The number of rotatable bonds is 21. The van der Waals surface area contributed by atoms with Crippen molar-refractivity contribution in [3.8, 4) is 0 Å². The van der Waals surface area contributed by atoms with Crippen LogP contribution in [0.25, 0.3) is 0 Å². The number of carbonyl (C=O) groups is 1. The van der Waals surface area contributed by atoms with E-state index in [1.54, 1.807) is 0 Å². The number of nitrogens with two attached hydrogens (primary N) is 2. The molecule has 0 saturated carbocycles. The normalized spacial score (nSPS) is 12.3. The molecule has 0 aromatic heterocycles. The third-order valence-corrected chi connectivity index (χ3v) is 5.26. The summed E-state index contributed by atoms with van der Waals surface area (Å²) in [7, 11) is 0. The lowest BCUT2D eigenvalue weighted by molar-refractivity contribution is -0.145. The van der Waals surface area contributed by atoms with Crippen molar-refractivity contribution in [2.24, 2.45) is 11.5 Å². The molecule has 0 heterocycles. The highest BCUT2D eigenvalue weighted by atomic mass is 16.5. The van der Waals surface area contributed by atoms with Crippen molar-refractivity contribution in [3.63, 3.8) is 0 Å². The first kappa shape index (κ1) is 26.4. The second kappa shape index (κ2) is 21.7. The first-order valence-electron chi connectivity index (χ1n) is 11.8. The summed E-state index contributed by atoms with van der Waals surface area (Å²) < 4.78 is 5.25. The van der Waals surface area contributed by atoms with Gasteiger partial charge in [-0.3, -0.25) is 4.79 Å². The fourth-order valence-corrected chi connectivity index (χ4v) is 3.38. The van der Waals surface area contributed by atoms with Crippen LogP contribution in [0.15, 0.2) is 0 Å². The SMILES string of the molecule is CCCCCCCCCCCCCCCCCOC(=O)[C@@H](N)CCCCN. The molecule has 0 saturated heterocycles. The van der Waals surface area contributed by atoms with Gasteiger partial charge in [0.15, 0.2) is 0 Å². The number of unbranched alkanes of at least 4 members (excludes halogenated alkanes) is 15. The van der Waals surface area contributed by atoms with Gasteiger partial charge in [0.25, 0.3) is 0 Å². The molecule has 4 N–H and O–H groups in total. The Kier molecular flexibility index (Phi) is 21.2. The molecule has 0 unspecified atom stereocenters. The van der Waals surface area contributed by atoms with Crippen molar-refractivity contribution in [1.29, 1.82) is 0 Å². The topological polar surface area (TPSA) is 78.3 Å². The summed E-state index contributed by atoms with van der Waals surface area (Å²) in [4.78, 5) is 11.7. The van der Waals surface area contributed by atoms with Crippen LogP contribution in [0.2, 0.25) is 0 Å². The number of hydrogen-bond acceptors (Lipinski definition) is 4. The van der Waals surface area contributed by atoms with E-state index in [1.807, 2.05) is 0 Å². The maximum absolute atomic E-state index is 11.7. The van der Waals surface area contributed by atoms with Gasteiger partial charge < -0.3 is 16.2 Å². The summed E-state index contributed by atoms with van der Waals surface area (Å²) in [6.07, 6.45) is 22.6. The third-order valence-electron chi connectivity index (χ3n) is 5.26. The number of esters is 1. The van der Waals surface area contributed by atoms with Crippen molar-refractivity contribution in [3.05, 3.63) is 0 Å². The van der Waals surface area contributed by atoms with Gasteiger partial charge in [-0.05, 0) is 25.8 Å². The molecule has 0 aromatic carbocycles. The molecule has 4 nitrogen and oxygen atoms in total. The quantitative estimate of drug-likeness (QED) is 0.192. The maximum Gasteiger partial charge on any atom is 0.322 e. The summed E-state index contributed by atoms with van der Waals surface area (Å²) in [6, 6.07) is -0.479. The van der Waals surface area contributed by atoms with Gasteiger partial charge in [0.1, 0.15) is 6.04 Å². The Labute approximate surface area is 169 Å². The highest BCUT2D eigenvalue weighted by molar-refractivity contribution is 5.75. The molecule has 162 valence electrons. The highest BCUT2D eigenvalue weighted by Crippen LogP contribution is 2.13. The lowest BCUT2D eigenvalue weighted by atomic mass is 10.0. The van der Waals surface area contributed by atoms with E-state index in [1.165, 1.54) is 83.5 Å². The van der Waals surface area contributed by atoms with Crippen LogP contribution < -0.4 is 11.5 Å². The predicted octanol–water partition coefficient (Wildman–Crippen LogP) is 5.86. The van der Waals surface area contributed by atoms with E-state index in [2.05, 4.69) is 6.92 Å². The Hall–Kier alpha value is -0.610. The Morgan fingerprint density at radius 3 is 1.59 bits per heavy atom. The van der Waals surface area contributed by atoms with Gasteiger partial charge in [0, 0.05) is 0 Å². The molecule has 4 heteroatoms. The fourth-order valence-electron chi connectivity index (χ4n) is 3.38. The maximum atomic E-state index is 11.7. The van der Waals surface area contributed by atoms with Crippen LogP contribution in [0.4, 0.5) is 0 Å². The minimum absolute atomic E-state index is 0.252. The average molecular weight is 385 g/mol. The van der Waals surface area contributed by atoms with Gasteiger partial charge in [-0.15, -0.1) is 0 Å². The molecule has 0 fully saturated rings. The van der Waals surface area contributed by atoms with Gasteiger partial charge in [-0.2, -0.15) is 0 Å². The van der Waals surface area contributed by atoms with E-state index in [9.17, 15) is 4.79 Å². The lowest BCUT2D eigenvalue weighted by Crippen LogP contribution is -2.32. The molecule has 0 aliphatic rings. The van der Waals surface area contributed by atoms with Crippen molar-refractivity contribution in [2.45, 2.75) is 129 Å². The summed E-state index contributed by atoms with van der Waals surface area (Å²) in [5, 5.41) is 0. The van der Waals surface area contributed by atoms with E-state index >= 15 is 0 Å². The zero-order chi connectivity index (χ0) is 20.0. The van der Waals surface area contributed by atoms with Crippen molar-refractivity contribution in [2.75, 3.05) is 13.2 Å². The molecule has 0 aliphatic carbocycles. The third kappa shape index (κ3) is 19.9. The van der Waals surface area contributed by atoms with Crippen LogP contribution in [0.3, 0.4) is 0 Å². The number of carbonyl (C=O) groups excluding carboxylic acids is 1. The van der Waals surface area contributed by atoms with Crippen molar-refractivity contribution in [1.82, 2.24) is 0 Å². The predicted molar refractivity (Wildman–Crippen MR) is 117 cm³/mol. The van der Waals surface area contributed by atoms with Crippen LogP contribution in [-0.2, 0) is 9.53 Å². The van der Waals surface area contributed by atoms with Crippen molar-refractivity contribution < 1.29 is 9.53 Å². The average Bonchev–Trinajstić information content (AvgIpc) is 2.67. The Morgan fingerprint density at radius 1 is 0.704 bits per heavy atom. The largest absolute Gasteiger partial charge is 0.465 e. The fraction of sp³-hybridized carbons (Fsp3) is 0.957. The monoisotopic (exact) mass is 384 g/mol. The first-order chi connectivity index (χ1) is 13.2. The summed E-state index contributed by atoms with van der Waals surface area (Å²) in [5.74, 6) is -0.252. The molecule has 0 rings (SSSR count). The van der Waals surface area contributed by atoms with Crippen LogP contribution >= 0.6 is 0 Å². The highest BCUT2D eigenvalue weighted by Gasteiger charge is 2.13. The first-order valence-corrected chi connectivity index (χ1v) is 11.8. The smallest absolute Gasteiger partial charge is 0.322 e. The van der Waals surface area contributed by atoms with Gasteiger partial charge in [-0.25, -0.2) is 0 Å². The minimum Gasteiger partial charge on any atom is -0.465 e. The Bertz CT molecular complexity index is 311. The Balaban J connectivity index is 3.19. The molecule has 0 radical (unpaired) electrons. The summed E-state index contributed by atoms with van der Waals surface area (Å²) in [6.45, 7) is 3.44. The summed E-state index contributed by atoms with van der Waals surface area (Å²) >= 11 is 0. The van der Waals surface area contributed by atoms with E-state index in [0.29, 0.717) is 19.6 Å². The standard InChI is InChI=1S/C23H48N2O2/c1-2-3-4-5-6-7-8-9-10-11-12-13-14-15-18-21-27-23(26)22(25)19-16-17-20-24/h22H,2-21,24-25H2,1H3/t22-/m0/s1. The Morgan fingerprint density at radius 2 is 1.15 bits per heavy atom. The summed E-state index contributed by atoms with van der Waals surface area (Å²) in [5.41, 5.74) is 11.2. The lowest BCUT2D eigenvalue weighted by Gasteiger charge is -2.11. The molecule has 0 amide bonds. The molecule has 27 heavy (non-hydrogen) atoms. The molecule has 0 spiro atoms. The molecule has 1 atom stereocenters. The van der Waals surface area contributed by atoms with E-state index < -0.39 is 6.04 Å². The van der Waals surface area contributed by atoms with E-state index in [4.69, 9.17) is 16.2 Å². The molecular formula is C23H48N2O2.